The fraction of sp³-hybridized carbons (Fsp3) is 0.333. The molecule has 0 saturated carbocycles. The van der Waals surface area contributed by atoms with Crippen LogP contribution in [0.3, 0.4) is 0 Å². The molecule has 112 valence electrons. The molecule has 0 bridgehead atoms. The van der Waals surface area contributed by atoms with Crippen LogP contribution >= 0.6 is 11.6 Å². The predicted molar refractivity (Wildman–Crippen MR) is 87.3 cm³/mol. The van der Waals surface area contributed by atoms with Crippen LogP contribution in [0.15, 0.2) is 30.6 Å². The van der Waals surface area contributed by atoms with E-state index >= 15 is 0 Å². The molecule has 0 saturated heterocycles. The van der Waals surface area contributed by atoms with Gasteiger partial charge in [-0.05, 0) is 31.0 Å². The van der Waals surface area contributed by atoms with Gasteiger partial charge in [-0.15, -0.1) is 0 Å². The highest BCUT2D eigenvalue weighted by Gasteiger charge is 2.13. The molecule has 0 aliphatic rings. The van der Waals surface area contributed by atoms with Crippen LogP contribution in [0.5, 0.6) is 0 Å². The lowest BCUT2D eigenvalue weighted by atomic mass is 10.1. The Morgan fingerprint density at radius 1 is 1.29 bits per heavy atom. The largest absolute Gasteiger partial charge is 0.363 e. The number of hydrogen-bond acceptors (Lipinski definition) is 5. The SMILES string of the molecule is CCCc1c(NN)ncnc1NC(C)c1cccc(Cl)c1. The van der Waals surface area contributed by atoms with Gasteiger partial charge in [-0.3, -0.25) is 0 Å². The summed E-state index contributed by atoms with van der Waals surface area (Å²) in [7, 11) is 0. The summed E-state index contributed by atoms with van der Waals surface area (Å²) < 4.78 is 0. The minimum absolute atomic E-state index is 0.0832. The average molecular weight is 306 g/mol. The van der Waals surface area contributed by atoms with Crippen molar-refractivity contribution in [1.29, 1.82) is 0 Å². The first-order valence-corrected chi connectivity index (χ1v) is 7.36. The summed E-state index contributed by atoms with van der Waals surface area (Å²) >= 11 is 6.04. The fourth-order valence-electron chi connectivity index (χ4n) is 2.21. The first-order valence-electron chi connectivity index (χ1n) is 6.98. The van der Waals surface area contributed by atoms with Gasteiger partial charge in [-0.2, -0.15) is 0 Å². The molecule has 0 amide bonds. The van der Waals surface area contributed by atoms with Crippen molar-refractivity contribution in [1.82, 2.24) is 9.97 Å². The van der Waals surface area contributed by atoms with Crippen molar-refractivity contribution in [2.75, 3.05) is 10.7 Å². The number of hydrazine groups is 1. The summed E-state index contributed by atoms with van der Waals surface area (Å²) in [5.74, 6) is 6.98. The maximum Gasteiger partial charge on any atom is 0.148 e. The zero-order chi connectivity index (χ0) is 15.2. The van der Waals surface area contributed by atoms with Crippen LogP contribution < -0.4 is 16.6 Å². The standard InChI is InChI=1S/C15H20ClN5/c1-3-5-13-14(18-9-19-15(13)21-17)20-10(2)11-6-4-7-12(16)8-11/h4,6-10H,3,5,17H2,1-2H3,(H2,18,19,20,21). The lowest BCUT2D eigenvalue weighted by Crippen LogP contribution is -2.15. The number of rotatable bonds is 6. The molecule has 1 heterocycles. The maximum absolute atomic E-state index is 6.04. The topological polar surface area (TPSA) is 75.9 Å². The molecule has 0 aliphatic heterocycles. The molecule has 2 aromatic rings. The van der Waals surface area contributed by atoms with E-state index in [9.17, 15) is 0 Å². The van der Waals surface area contributed by atoms with E-state index in [-0.39, 0.29) is 6.04 Å². The van der Waals surface area contributed by atoms with Crippen molar-refractivity contribution in [3.8, 4) is 0 Å². The van der Waals surface area contributed by atoms with Gasteiger partial charge in [0, 0.05) is 10.6 Å². The maximum atomic E-state index is 6.04. The fourth-order valence-corrected chi connectivity index (χ4v) is 2.41. The normalized spacial score (nSPS) is 12.0. The highest BCUT2D eigenvalue weighted by atomic mass is 35.5. The number of nitrogens with zero attached hydrogens (tertiary/aromatic N) is 2. The number of aromatic nitrogens is 2. The summed E-state index contributed by atoms with van der Waals surface area (Å²) in [4.78, 5) is 8.51. The molecule has 1 aromatic heterocycles. The third-order valence-corrected chi connectivity index (χ3v) is 3.52. The van der Waals surface area contributed by atoms with Crippen molar-refractivity contribution in [3.05, 3.63) is 46.7 Å². The molecule has 1 atom stereocenters. The van der Waals surface area contributed by atoms with Crippen LogP contribution in [0.25, 0.3) is 0 Å². The number of nitrogens with one attached hydrogen (secondary N) is 2. The summed E-state index contributed by atoms with van der Waals surface area (Å²) in [6.45, 7) is 4.18. The second-order valence-electron chi connectivity index (χ2n) is 4.86. The molecular formula is C15H20ClN5. The van der Waals surface area contributed by atoms with Gasteiger partial charge in [0.05, 0.1) is 6.04 Å². The van der Waals surface area contributed by atoms with E-state index in [1.807, 2.05) is 24.3 Å². The van der Waals surface area contributed by atoms with Crippen LogP contribution in [0.1, 0.15) is 37.4 Å². The summed E-state index contributed by atoms with van der Waals surface area (Å²) in [6, 6.07) is 7.87. The van der Waals surface area contributed by atoms with Crippen molar-refractivity contribution in [3.63, 3.8) is 0 Å². The smallest absolute Gasteiger partial charge is 0.148 e. The van der Waals surface area contributed by atoms with Gasteiger partial charge in [0.1, 0.15) is 18.0 Å². The average Bonchev–Trinajstić information content (AvgIpc) is 2.49. The molecule has 0 aliphatic carbocycles. The van der Waals surface area contributed by atoms with Gasteiger partial charge in [0.2, 0.25) is 0 Å². The van der Waals surface area contributed by atoms with Crippen LogP contribution in [0.4, 0.5) is 11.6 Å². The van der Waals surface area contributed by atoms with Gasteiger partial charge in [0.15, 0.2) is 0 Å². The van der Waals surface area contributed by atoms with Gasteiger partial charge in [-0.25, -0.2) is 15.8 Å². The van der Waals surface area contributed by atoms with Crippen molar-refractivity contribution >= 4 is 23.2 Å². The lowest BCUT2D eigenvalue weighted by molar-refractivity contribution is 0.847. The third-order valence-electron chi connectivity index (χ3n) is 3.28. The van der Waals surface area contributed by atoms with Gasteiger partial charge in [-0.1, -0.05) is 37.1 Å². The van der Waals surface area contributed by atoms with Crippen molar-refractivity contribution in [2.24, 2.45) is 5.84 Å². The Morgan fingerprint density at radius 2 is 2.05 bits per heavy atom. The van der Waals surface area contributed by atoms with Gasteiger partial charge in [0.25, 0.3) is 0 Å². The molecule has 2 rings (SSSR count). The van der Waals surface area contributed by atoms with E-state index in [2.05, 4.69) is 34.6 Å². The molecule has 0 spiro atoms. The van der Waals surface area contributed by atoms with E-state index in [1.165, 1.54) is 6.33 Å². The monoisotopic (exact) mass is 305 g/mol. The summed E-state index contributed by atoms with van der Waals surface area (Å²) in [5, 5.41) is 4.13. The Hall–Kier alpha value is -1.85. The van der Waals surface area contributed by atoms with Crippen LogP contribution in [-0.2, 0) is 6.42 Å². The second kappa shape index (κ2) is 7.24. The minimum Gasteiger partial charge on any atom is -0.363 e. The Balaban J connectivity index is 2.26. The molecule has 4 N–H and O–H groups in total. The van der Waals surface area contributed by atoms with Gasteiger partial charge >= 0.3 is 0 Å². The summed E-state index contributed by atoms with van der Waals surface area (Å²) in [6.07, 6.45) is 3.34. The third kappa shape index (κ3) is 3.83. The quantitative estimate of drug-likeness (QED) is 0.562. The first-order chi connectivity index (χ1) is 10.2. The van der Waals surface area contributed by atoms with Crippen molar-refractivity contribution < 1.29 is 0 Å². The van der Waals surface area contributed by atoms with Crippen LogP contribution in [0, 0.1) is 0 Å². The molecule has 6 heteroatoms. The Morgan fingerprint density at radius 3 is 2.71 bits per heavy atom. The van der Waals surface area contributed by atoms with Crippen LogP contribution in [0.2, 0.25) is 5.02 Å². The second-order valence-corrected chi connectivity index (χ2v) is 5.30. The molecule has 1 aromatic carbocycles. The van der Waals surface area contributed by atoms with Crippen molar-refractivity contribution in [2.45, 2.75) is 32.7 Å². The number of nitrogens with two attached hydrogens (primary N) is 1. The lowest BCUT2D eigenvalue weighted by Gasteiger charge is -2.19. The number of hydrogen-bond donors (Lipinski definition) is 3. The van der Waals surface area contributed by atoms with Crippen LogP contribution in [-0.4, -0.2) is 9.97 Å². The summed E-state index contributed by atoms with van der Waals surface area (Å²) in [5.41, 5.74) is 4.73. The van der Waals surface area contributed by atoms with E-state index in [0.717, 1.165) is 34.8 Å². The molecule has 21 heavy (non-hydrogen) atoms. The van der Waals surface area contributed by atoms with Gasteiger partial charge < -0.3 is 10.7 Å². The Kier molecular flexibility index (Phi) is 5.36. The van der Waals surface area contributed by atoms with E-state index in [4.69, 9.17) is 17.4 Å². The van der Waals surface area contributed by atoms with E-state index < -0.39 is 0 Å². The molecule has 1 unspecified atom stereocenters. The highest BCUT2D eigenvalue weighted by molar-refractivity contribution is 6.30. The minimum atomic E-state index is 0.0832. The zero-order valence-electron chi connectivity index (χ0n) is 12.2. The Bertz CT molecular complexity index is 602. The molecular weight excluding hydrogens is 286 g/mol. The molecule has 5 nitrogen and oxygen atoms in total. The first kappa shape index (κ1) is 15.5. The van der Waals surface area contributed by atoms with E-state index in [1.54, 1.807) is 0 Å². The Labute approximate surface area is 129 Å². The number of benzene rings is 1. The number of halogens is 1. The molecule has 0 radical (unpaired) electrons. The highest BCUT2D eigenvalue weighted by Crippen LogP contribution is 2.26. The zero-order valence-corrected chi connectivity index (χ0v) is 13.0. The number of anilines is 2. The predicted octanol–water partition coefficient (Wildman–Crippen LogP) is 3.54. The molecule has 0 fully saturated rings. The number of nitrogen functional groups attached to an aromatic ring is 1. The van der Waals surface area contributed by atoms with E-state index in [0.29, 0.717) is 5.82 Å².